The Kier molecular flexibility index (Phi) is 1.16. The maximum atomic E-state index is 5.25. The van der Waals surface area contributed by atoms with Crippen LogP contribution in [0.5, 0.6) is 5.75 Å². The number of fused-ring (bicyclic) bond motifs is 3. The highest BCUT2D eigenvalue weighted by atomic mass is 16.6. The molecule has 3 nitrogen and oxygen atoms in total. The molecule has 3 heterocycles. The molecule has 0 unspecified atom stereocenters. The second-order valence-corrected chi connectivity index (χ2v) is 2.94. The van der Waals surface area contributed by atoms with Crippen LogP contribution in [0, 0.1) is 0 Å². The van der Waals surface area contributed by atoms with Gasteiger partial charge in [0.05, 0.1) is 5.69 Å². The van der Waals surface area contributed by atoms with Crippen LogP contribution in [-0.4, -0.2) is 4.40 Å². The van der Waals surface area contributed by atoms with Gasteiger partial charge in [0, 0.05) is 24.0 Å². The van der Waals surface area contributed by atoms with Crippen LogP contribution >= 0.6 is 0 Å². The highest BCUT2D eigenvalue weighted by Crippen LogP contribution is 2.26. The average Bonchev–Trinajstić information content (AvgIpc) is 2.56. The molecule has 13 heavy (non-hydrogen) atoms. The third-order valence-corrected chi connectivity index (χ3v) is 2.16. The van der Waals surface area contributed by atoms with Crippen molar-refractivity contribution in [3.05, 3.63) is 42.4 Å². The molecule has 0 saturated heterocycles. The van der Waals surface area contributed by atoms with Crippen molar-refractivity contribution < 1.29 is 4.84 Å². The summed E-state index contributed by atoms with van der Waals surface area (Å²) in [6.07, 6.45) is 5.79. The van der Waals surface area contributed by atoms with Gasteiger partial charge in [-0.15, -0.1) is 0 Å². The van der Waals surface area contributed by atoms with Gasteiger partial charge in [-0.25, -0.2) is 5.48 Å². The van der Waals surface area contributed by atoms with Crippen LogP contribution in [0.2, 0.25) is 0 Å². The fourth-order valence-corrected chi connectivity index (χ4v) is 1.57. The lowest BCUT2D eigenvalue weighted by molar-refractivity contribution is 0.239. The summed E-state index contributed by atoms with van der Waals surface area (Å²) in [6, 6.07) is 8.07. The number of pyridine rings is 1. The van der Waals surface area contributed by atoms with Gasteiger partial charge in [-0.2, -0.15) is 0 Å². The number of hydroxylamine groups is 1. The summed E-state index contributed by atoms with van der Waals surface area (Å²) in [7, 11) is 0. The summed E-state index contributed by atoms with van der Waals surface area (Å²) in [5, 5.41) is 0. The van der Waals surface area contributed by atoms with E-state index >= 15 is 0 Å². The first-order valence-electron chi connectivity index (χ1n) is 4.14. The quantitative estimate of drug-likeness (QED) is 0.655. The van der Waals surface area contributed by atoms with E-state index < -0.39 is 0 Å². The molecule has 1 aliphatic rings. The SMILES string of the molecule is C1=Cc2c(cc3ccccn23)ON1. The van der Waals surface area contributed by atoms with Crippen molar-refractivity contribution in [1.82, 2.24) is 9.88 Å². The van der Waals surface area contributed by atoms with Gasteiger partial charge in [0.1, 0.15) is 0 Å². The smallest absolute Gasteiger partial charge is 0.181 e. The lowest BCUT2D eigenvalue weighted by Gasteiger charge is -2.08. The van der Waals surface area contributed by atoms with E-state index in [4.69, 9.17) is 4.84 Å². The summed E-state index contributed by atoms with van der Waals surface area (Å²) in [5.74, 6) is 0.869. The van der Waals surface area contributed by atoms with Crippen LogP contribution in [0.3, 0.4) is 0 Å². The highest BCUT2D eigenvalue weighted by Gasteiger charge is 2.10. The number of nitrogens with zero attached hydrogens (tertiary/aromatic N) is 1. The van der Waals surface area contributed by atoms with Gasteiger partial charge in [0.15, 0.2) is 5.75 Å². The average molecular weight is 172 g/mol. The molecule has 0 atom stereocenters. The van der Waals surface area contributed by atoms with Gasteiger partial charge in [0.2, 0.25) is 0 Å². The van der Waals surface area contributed by atoms with E-state index in [1.165, 1.54) is 0 Å². The van der Waals surface area contributed by atoms with Crippen LogP contribution in [-0.2, 0) is 0 Å². The number of hydrogen-bond acceptors (Lipinski definition) is 2. The van der Waals surface area contributed by atoms with Crippen molar-refractivity contribution >= 4 is 11.6 Å². The van der Waals surface area contributed by atoms with Crippen LogP contribution in [0.15, 0.2) is 36.7 Å². The Morgan fingerprint density at radius 3 is 3.31 bits per heavy atom. The van der Waals surface area contributed by atoms with Gasteiger partial charge in [-0.1, -0.05) is 6.07 Å². The number of aromatic nitrogens is 1. The number of rotatable bonds is 0. The zero-order valence-corrected chi connectivity index (χ0v) is 6.90. The topological polar surface area (TPSA) is 25.7 Å². The fraction of sp³-hybridized carbons (Fsp3) is 0. The van der Waals surface area contributed by atoms with E-state index in [0.717, 1.165) is 17.0 Å². The summed E-state index contributed by atoms with van der Waals surface area (Å²) < 4.78 is 2.09. The molecular formula is C10H8N2O. The zero-order valence-electron chi connectivity index (χ0n) is 6.90. The molecular weight excluding hydrogens is 164 g/mol. The molecule has 3 heteroatoms. The maximum absolute atomic E-state index is 5.25. The number of hydrogen-bond donors (Lipinski definition) is 1. The van der Waals surface area contributed by atoms with Crippen LogP contribution in [0.1, 0.15) is 5.69 Å². The van der Waals surface area contributed by atoms with Crippen molar-refractivity contribution in [2.24, 2.45) is 0 Å². The molecule has 2 aromatic rings. The fourth-order valence-electron chi connectivity index (χ4n) is 1.57. The van der Waals surface area contributed by atoms with E-state index in [0.29, 0.717) is 0 Å². The normalized spacial score (nSPS) is 13.5. The second kappa shape index (κ2) is 2.29. The standard InChI is InChI=1S/C10H8N2O/c1-2-6-12-8(3-1)7-10-9(12)4-5-11-13-10/h1-7,11H. The highest BCUT2D eigenvalue weighted by molar-refractivity contribution is 5.66. The Morgan fingerprint density at radius 1 is 1.31 bits per heavy atom. The molecule has 0 aromatic carbocycles. The summed E-state index contributed by atoms with van der Waals surface area (Å²) in [6.45, 7) is 0. The first-order chi connectivity index (χ1) is 6.45. The van der Waals surface area contributed by atoms with Gasteiger partial charge in [-0.3, -0.25) is 0 Å². The number of nitrogens with one attached hydrogen (secondary N) is 1. The Labute approximate surface area is 75.2 Å². The summed E-state index contributed by atoms with van der Waals surface area (Å²) >= 11 is 0. The predicted octanol–water partition coefficient (Wildman–Crippen LogP) is 1.81. The van der Waals surface area contributed by atoms with E-state index in [-0.39, 0.29) is 0 Å². The Hall–Kier alpha value is -1.90. The van der Waals surface area contributed by atoms with Gasteiger partial charge in [-0.05, 0) is 18.2 Å². The largest absolute Gasteiger partial charge is 0.380 e. The second-order valence-electron chi connectivity index (χ2n) is 2.94. The van der Waals surface area contributed by atoms with E-state index in [2.05, 4.69) is 15.9 Å². The Balaban J connectivity index is 2.42. The molecule has 0 saturated carbocycles. The van der Waals surface area contributed by atoms with Crippen LogP contribution in [0.25, 0.3) is 11.6 Å². The molecule has 0 radical (unpaired) electrons. The molecule has 1 N–H and O–H groups in total. The summed E-state index contributed by atoms with van der Waals surface area (Å²) in [4.78, 5) is 5.25. The molecule has 0 spiro atoms. The van der Waals surface area contributed by atoms with Crippen molar-refractivity contribution in [1.29, 1.82) is 0 Å². The summed E-state index contributed by atoms with van der Waals surface area (Å²) in [5.41, 5.74) is 4.93. The molecule has 3 rings (SSSR count). The van der Waals surface area contributed by atoms with Gasteiger partial charge >= 0.3 is 0 Å². The Bertz CT molecular complexity index is 485. The van der Waals surface area contributed by atoms with Gasteiger partial charge in [0.25, 0.3) is 0 Å². The van der Waals surface area contributed by atoms with Crippen molar-refractivity contribution in [2.45, 2.75) is 0 Å². The first kappa shape index (κ1) is 6.60. The lowest BCUT2D eigenvalue weighted by atomic mass is 10.4. The Morgan fingerprint density at radius 2 is 2.31 bits per heavy atom. The third-order valence-electron chi connectivity index (χ3n) is 2.16. The minimum absolute atomic E-state index is 0.869. The maximum Gasteiger partial charge on any atom is 0.181 e. The molecule has 64 valence electrons. The van der Waals surface area contributed by atoms with Crippen molar-refractivity contribution in [2.75, 3.05) is 0 Å². The monoisotopic (exact) mass is 172 g/mol. The molecule has 0 bridgehead atoms. The minimum atomic E-state index is 0.869. The molecule has 0 amide bonds. The minimum Gasteiger partial charge on any atom is -0.380 e. The molecule has 0 fully saturated rings. The van der Waals surface area contributed by atoms with Crippen molar-refractivity contribution in [3.63, 3.8) is 0 Å². The third kappa shape index (κ3) is 0.839. The van der Waals surface area contributed by atoms with Crippen LogP contribution < -0.4 is 10.3 Å². The lowest BCUT2D eigenvalue weighted by Crippen LogP contribution is -2.13. The molecule has 1 aliphatic heterocycles. The molecule has 2 aromatic heterocycles. The van der Waals surface area contributed by atoms with Gasteiger partial charge < -0.3 is 9.24 Å². The van der Waals surface area contributed by atoms with E-state index in [9.17, 15) is 0 Å². The van der Waals surface area contributed by atoms with Crippen LogP contribution in [0.4, 0.5) is 0 Å². The predicted molar refractivity (Wildman–Crippen MR) is 50.2 cm³/mol. The first-order valence-corrected chi connectivity index (χ1v) is 4.14. The molecule has 0 aliphatic carbocycles. The van der Waals surface area contributed by atoms with E-state index in [1.54, 1.807) is 6.20 Å². The van der Waals surface area contributed by atoms with E-state index in [1.807, 2.05) is 30.5 Å². The zero-order chi connectivity index (χ0) is 8.67. The van der Waals surface area contributed by atoms with Crippen molar-refractivity contribution in [3.8, 4) is 5.75 Å².